The molecule has 0 radical (unpaired) electrons. The first-order valence-corrected chi connectivity index (χ1v) is 9.75. The van der Waals surface area contributed by atoms with Crippen LogP contribution in [0.1, 0.15) is 37.4 Å². The van der Waals surface area contributed by atoms with Gasteiger partial charge in [0.05, 0.1) is 11.6 Å². The fraction of sp³-hybridized carbons (Fsp3) is 0.450. The number of aliphatic hydroxyl groups is 1. The Morgan fingerprint density at radius 2 is 2.08 bits per heavy atom. The summed E-state index contributed by atoms with van der Waals surface area (Å²) in [4.78, 5) is 15.3. The SMILES string of the molecule is O=C1O[C@@]23C[C@@H](C=CC2=C1C(O)c1ccc(Br)cc1)N1CCCC[C@@H]13. The van der Waals surface area contributed by atoms with Gasteiger partial charge in [-0.2, -0.15) is 0 Å². The molecule has 0 aromatic heterocycles. The van der Waals surface area contributed by atoms with Crippen LogP contribution in [0.2, 0.25) is 0 Å². The van der Waals surface area contributed by atoms with Gasteiger partial charge in [0, 0.05) is 22.5 Å². The van der Waals surface area contributed by atoms with E-state index in [4.69, 9.17) is 4.74 Å². The minimum absolute atomic E-state index is 0.245. The Labute approximate surface area is 155 Å². The quantitative estimate of drug-likeness (QED) is 0.772. The van der Waals surface area contributed by atoms with E-state index < -0.39 is 11.7 Å². The zero-order valence-electron chi connectivity index (χ0n) is 13.8. The van der Waals surface area contributed by atoms with Crippen molar-refractivity contribution in [1.82, 2.24) is 4.90 Å². The Morgan fingerprint density at radius 1 is 1.28 bits per heavy atom. The van der Waals surface area contributed by atoms with Gasteiger partial charge in [-0.3, -0.25) is 4.90 Å². The number of ether oxygens (including phenoxy) is 1. The lowest BCUT2D eigenvalue weighted by Crippen LogP contribution is -2.48. The van der Waals surface area contributed by atoms with Crippen molar-refractivity contribution >= 4 is 21.9 Å². The topological polar surface area (TPSA) is 49.8 Å². The van der Waals surface area contributed by atoms with Crippen molar-refractivity contribution in [2.24, 2.45) is 0 Å². The van der Waals surface area contributed by atoms with Gasteiger partial charge in [-0.05, 0) is 37.1 Å². The zero-order valence-corrected chi connectivity index (χ0v) is 15.4. The van der Waals surface area contributed by atoms with E-state index >= 15 is 0 Å². The van der Waals surface area contributed by atoms with E-state index in [9.17, 15) is 9.90 Å². The van der Waals surface area contributed by atoms with E-state index in [1.807, 2.05) is 30.3 Å². The molecule has 5 heteroatoms. The standard InChI is InChI=1S/C20H20BrNO3/c21-13-6-4-12(5-7-13)18(23)17-15-9-8-14-11-20(15,25-19(17)24)16-3-1-2-10-22(14)16/h4-9,14,16,18,23H,1-3,10-11H2/t14-,16-,18?,20+/m1/s1. The number of esters is 1. The van der Waals surface area contributed by atoms with Crippen LogP contribution in [0, 0.1) is 0 Å². The van der Waals surface area contributed by atoms with E-state index in [1.165, 1.54) is 12.8 Å². The molecule has 2 fully saturated rings. The summed E-state index contributed by atoms with van der Waals surface area (Å²) < 4.78 is 6.96. The summed E-state index contributed by atoms with van der Waals surface area (Å²) in [5.74, 6) is -0.358. The molecular formula is C20H20BrNO3. The minimum Gasteiger partial charge on any atom is -0.449 e. The summed E-state index contributed by atoms with van der Waals surface area (Å²) in [6.07, 6.45) is 7.53. The van der Waals surface area contributed by atoms with Crippen LogP contribution in [0.15, 0.2) is 52.0 Å². The first kappa shape index (κ1) is 15.8. The van der Waals surface area contributed by atoms with E-state index in [0.717, 1.165) is 29.4 Å². The molecule has 5 rings (SSSR count). The summed E-state index contributed by atoms with van der Waals surface area (Å²) in [5.41, 5.74) is 1.49. The predicted octanol–water partition coefficient (Wildman–Crippen LogP) is 3.27. The van der Waals surface area contributed by atoms with Crippen molar-refractivity contribution in [2.45, 2.75) is 49.5 Å². The normalized spacial score (nSPS) is 34.7. The van der Waals surface area contributed by atoms with Crippen molar-refractivity contribution in [2.75, 3.05) is 6.54 Å². The smallest absolute Gasteiger partial charge is 0.338 e. The molecule has 25 heavy (non-hydrogen) atoms. The second kappa shape index (κ2) is 5.53. The number of piperidine rings is 1. The van der Waals surface area contributed by atoms with Crippen LogP contribution in [0.5, 0.6) is 0 Å². The van der Waals surface area contributed by atoms with Crippen LogP contribution >= 0.6 is 15.9 Å². The number of carbonyl (C=O) groups excluding carboxylic acids is 1. The van der Waals surface area contributed by atoms with Crippen molar-refractivity contribution in [1.29, 1.82) is 0 Å². The molecule has 4 aliphatic rings. The summed E-state index contributed by atoms with van der Waals surface area (Å²) in [6.45, 7) is 1.07. The lowest BCUT2D eigenvalue weighted by molar-refractivity contribution is -0.150. The van der Waals surface area contributed by atoms with Gasteiger partial charge in [-0.15, -0.1) is 0 Å². The third kappa shape index (κ3) is 2.15. The Bertz CT molecular complexity index is 800. The molecule has 3 aliphatic heterocycles. The van der Waals surface area contributed by atoms with Gasteiger partial charge in [0.1, 0.15) is 6.10 Å². The molecule has 1 N–H and O–H groups in total. The molecule has 1 unspecified atom stereocenters. The van der Waals surface area contributed by atoms with Crippen LogP contribution in [-0.4, -0.2) is 40.2 Å². The van der Waals surface area contributed by atoms with E-state index in [2.05, 4.69) is 26.9 Å². The number of fused-ring (bicyclic) bond motifs is 3. The van der Waals surface area contributed by atoms with Crippen molar-refractivity contribution in [3.63, 3.8) is 0 Å². The van der Waals surface area contributed by atoms with Crippen molar-refractivity contribution in [3.05, 3.63) is 57.6 Å². The molecule has 1 aromatic rings. The summed E-state index contributed by atoms with van der Waals surface area (Å²) in [6, 6.07) is 8.05. The Balaban J connectivity index is 1.60. The monoisotopic (exact) mass is 401 g/mol. The first-order valence-electron chi connectivity index (χ1n) is 8.95. The largest absolute Gasteiger partial charge is 0.449 e. The fourth-order valence-corrected chi connectivity index (χ4v) is 5.38. The van der Waals surface area contributed by atoms with Gasteiger partial charge in [0.2, 0.25) is 0 Å². The molecule has 1 aliphatic carbocycles. The molecule has 0 saturated carbocycles. The van der Waals surface area contributed by atoms with Crippen LogP contribution in [0.25, 0.3) is 0 Å². The van der Waals surface area contributed by atoms with Gasteiger partial charge < -0.3 is 9.84 Å². The number of halogens is 1. The highest BCUT2D eigenvalue weighted by atomic mass is 79.9. The third-order valence-corrected chi connectivity index (χ3v) is 6.73. The average molecular weight is 402 g/mol. The second-order valence-corrected chi connectivity index (χ2v) is 8.36. The first-order chi connectivity index (χ1) is 12.1. The van der Waals surface area contributed by atoms with Crippen LogP contribution in [-0.2, 0) is 9.53 Å². The maximum absolute atomic E-state index is 12.8. The molecule has 3 heterocycles. The highest BCUT2D eigenvalue weighted by molar-refractivity contribution is 9.10. The molecule has 1 spiro atoms. The highest BCUT2D eigenvalue weighted by Crippen LogP contribution is 2.54. The highest BCUT2D eigenvalue weighted by Gasteiger charge is 2.62. The van der Waals surface area contributed by atoms with Crippen molar-refractivity contribution < 1.29 is 14.6 Å². The molecule has 4 atom stereocenters. The van der Waals surface area contributed by atoms with E-state index in [-0.39, 0.29) is 12.0 Å². The number of aliphatic hydroxyl groups excluding tert-OH is 1. The minimum atomic E-state index is -0.950. The second-order valence-electron chi connectivity index (χ2n) is 7.44. The predicted molar refractivity (Wildman–Crippen MR) is 96.8 cm³/mol. The molecule has 130 valence electrons. The van der Waals surface area contributed by atoms with Crippen LogP contribution in [0.4, 0.5) is 0 Å². The van der Waals surface area contributed by atoms with Gasteiger partial charge in [-0.1, -0.05) is 46.6 Å². The van der Waals surface area contributed by atoms with Crippen molar-refractivity contribution in [3.8, 4) is 0 Å². The molecule has 0 amide bonds. The molecule has 1 aromatic carbocycles. The number of carbonyl (C=O) groups is 1. The fourth-order valence-electron chi connectivity index (χ4n) is 5.12. The van der Waals surface area contributed by atoms with Gasteiger partial charge in [-0.25, -0.2) is 4.79 Å². The Morgan fingerprint density at radius 3 is 2.88 bits per heavy atom. The third-order valence-electron chi connectivity index (χ3n) is 6.21. The van der Waals surface area contributed by atoms with Gasteiger partial charge >= 0.3 is 5.97 Å². The molecular weight excluding hydrogens is 382 g/mol. The molecule has 2 bridgehead atoms. The summed E-state index contributed by atoms with van der Waals surface area (Å²) in [7, 11) is 0. The average Bonchev–Trinajstić information content (AvgIpc) is 3.06. The number of nitrogens with zero attached hydrogens (tertiary/aromatic N) is 1. The number of hydrogen-bond acceptors (Lipinski definition) is 4. The zero-order chi connectivity index (χ0) is 17.2. The Kier molecular flexibility index (Phi) is 3.50. The van der Waals surface area contributed by atoms with Gasteiger partial charge in [0.15, 0.2) is 5.60 Å². The van der Waals surface area contributed by atoms with E-state index in [0.29, 0.717) is 17.2 Å². The maximum atomic E-state index is 12.8. The lowest BCUT2D eigenvalue weighted by Gasteiger charge is -2.37. The summed E-state index contributed by atoms with van der Waals surface area (Å²) in [5, 5.41) is 10.9. The molecule has 2 saturated heterocycles. The van der Waals surface area contributed by atoms with Crippen LogP contribution in [0.3, 0.4) is 0 Å². The van der Waals surface area contributed by atoms with Crippen LogP contribution < -0.4 is 0 Å². The Hall–Kier alpha value is -1.43. The maximum Gasteiger partial charge on any atom is 0.338 e. The number of hydrogen-bond donors (Lipinski definition) is 1. The lowest BCUT2D eigenvalue weighted by atomic mass is 9.78. The number of rotatable bonds is 2. The van der Waals surface area contributed by atoms with E-state index in [1.54, 1.807) is 0 Å². The summed E-state index contributed by atoms with van der Waals surface area (Å²) >= 11 is 3.41. The van der Waals surface area contributed by atoms with Gasteiger partial charge in [0.25, 0.3) is 0 Å². The number of benzene rings is 1. The molecule has 4 nitrogen and oxygen atoms in total.